The first-order valence-electron chi connectivity index (χ1n) is 9.08. The minimum absolute atomic E-state index is 0.197. The predicted octanol–water partition coefficient (Wildman–Crippen LogP) is 3.43. The number of rotatable bonds is 0. The summed E-state index contributed by atoms with van der Waals surface area (Å²) in [6.07, 6.45) is 0.792. The number of amides is 1. The van der Waals surface area contributed by atoms with Crippen molar-refractivity contribution in [2.75, 3.05) is 36.0 Å². The van der Waals surface area contributed by atoms with Crippen LogP contribution >= 0.6 is 11.8 Å². The summed E-state index contributed by atoms with van der Waals surface area (Å²) in [6.45, 7) is 8.32. The Kier molecular flexibility index (Phi) is 4.06. The molecule has 2 N–H and O–H groups in total. The summed E-state index contributed by atoms with van der Waals surface area (Å²) in [5, 5.41) is 0. The number of nitrogen functional groups attached to an aromatic ring is 1. The van der Waals surface area contributed by atoms with Crippen molar-refractivity contribution in [1.29, 1.82) is 0 Å². The monoisotopic (exact) mass is 361 g/mol. The molecule has 6 heteroatoms. The number of carbonyl (C=O) groups excluding carboxylic acids is 1. The second-order valence-electron chi connectivity index (χ2n) is 8.25. The number of carbonyl (C=O) groups is 1. The van der Waals surface area contributed by atoms with E-state index in [-0.39, 0.29) is 6.09 Å². The summed E-state index contributed by atoms with van der Waals surface area (Å²) in [6, 6.07) is 4.74. The van der Waals surface area contributed by atoms with Gasteiger partial charge in [0, 0.05) is 54.5 Å². The number of piperidine rings is 1. The smallest absolute Gasteiger partial charge is 0.410 e. The zero-order chi connectivity index (χ0) is 17.8. The van der Waals surface area contributed by atoms with Crippen LogP contribution in [0, 0.1) is 0 Å². The summed E-state index contributed by atoms with van der Waals surface area (Å²) >= 11 is 1.98. The summed E-state index contributed by atoms with van der Waals surface area (Å²) in [5.74, 6) is 2.51. The molecule has 1 amide bonds. The molecular formula is C19H27N3O2S. The highest BCUT2D eigenvalue weighted by Gasteiger charge is 2.44. The topological polar surface area (TPSA) is 58.8 Å². The Morgan fingerprint density at radius 1 is 1.32 bits per heavy atom. The number of fused-ring (bicyclic) bond motifs is 3. The second kappa shape index (κ2) is 6.01. The average Bonchev–Trinajstić information content (AvgIpc) is 2.68. The zero-order valence-corrected chi connectivity index (χ0v) is 16.1. The Labute approximate surface area is 153 Å². The molecule has 3 heterocycles. The van der Waals surface area contributed by atoms with Gasteiger partial charge in [0.2, 0.25) is 0 Å². The van der Waals surface area contributed by atoms with Gasteiger partial charge in [-0.3, -0.25) is 0 Å². The van der Waals surface area contributed by atoms with Gasteiger partial charge >= 0.3 is 6.09 Å². The molecule has 1 aromatic rings. The molecule has 1 aromatic carbocycles. The van der Waals surface area contributed by atoms with Crippen LogP contribution < -0.4 is 10.6 Å². The molecular weight excluding hydrogens is 334 g/mol. The minimum atomic E-state index is -0.455. The lowest BCUT2D eigenvalue weighted by Crippen LogP contribution is -2.49. The van der Waals surface area contributed by atoms with E-state index in [0.717, 1.165) is 43.2 Å². The lowest BCUT2D eigenvalue weighted by Gasteiger charge is -2.39. The van der Waals surface area contributed by atoms with Crippen molar-refractivity contribution in [2.24, 2.45) is 0 Å². The van der Waals surface area contributed by atoms with Gasteiger partial charge in [0.05, 0.1) is 0 Å². The summed E-state index contributed by atoms with van der Waals surface area (Å²) in [5.41, 5.74) is 10.7. The SMILES string of the molecule is CC(C)(C)OC(=O)N1CC[C@H]2[C@@H](C1)c1cc(N)cc3c1N2CCSC3. The predicted molar refractivity (Wildman–Crippen MR) is 103 cm³/mol. The average molecular weight is 362 g/mol. The van der Waals surface area contributed by atoms with E-state index >= 15 is 0 Å². The number of nitrogens with zero attached hydrogens (tertiary/aromatic N) is 2. The maximum Gasteiger partial charge on any atom is 0.410 e. The van der Waals surface area contributed by atoms with Gasteiger partial charge in [-0.1, -0.05) is 0 Å². The lowest BCUT2D eigenvalue weighted by atomic mass is 9.88. The highest BCUT2D eigenvalue weighted by atomic mass is 32.2. The molecule has 4 rings (SSSR count). The fourth-order valence-corrected chi connectivity index (χ4v) is 5.30. The molecule has 3 aliphatic rings. The number of thioether (sulfide) groups is 1. The molecule has 0 spiro atoms. The number of ether oxygens (including phenoxy) is 1. The first-order chi connectivity index (χ1) is 11.8. The molecule has 25 heavy (non-hydrogen) atoms. The zero-order valence-electron chi connectivity index (χ0n) is 15.2. The van der Waals surface area contributed by atoms with Crippen molar-refractivity contribution >= 4 is 29.2 Å². The van der Waals surface area contributed by atoms with Gasteiger partial charge in [0.15, 0.2) is 0 Å². The van der Waals surface area contributed by atoms with Gasteiger partial charge in [-0.2, -0.15) is 11.8 Å². The highest BCUT2D eigenvalue weighted by molar-refractivity contribution is 7.98. The molecule has 0 aromatic heterocycles. The maximum atomic E-state index is 12.5. The minimum Gasteiger partial charge on any atom is -0.444 e. The normalized spacial score (nSPS) is 25.2. The number of anilines is 2. The van der Waals surface area contributed by atoms with Crippen molar-refractivity contribution < 1.29 is 9.53 Å². The van der Waals surface area contributed by atoms with E-state index in [9.17, 15) is 4.79 Å². The number of likely N-dealkylation sites (tertiary alicyclic amines) is 1. The quantitative estimate of drug-likeness (QED) is 0.718. The van der Waals surface area contributed by atoms with E-state index in [1.54, 1.807) is 0 Å². The van der Waals surface area contributed by atoms with Crippen molar-refractivity contribution in [1.82, 2.24) is 4.90 Å². The Bertz CT molecular complexity index is 701. The van der Waals surface area contributed by atoms with Crippen LogP contribution in [0.25, 0.3) is 0 Å². The summed E-state index contributed by atoms with van der Waals surface area (Å²) in [7, 11) is 0. The second-order valence-corrected chi connectivity index (χ2v) is 9.36. The molecule has 0 aliphatic carbocycles. The molecule has 0 radical (unpaired) electrons. The van der Waals surface area contributed by atoms with Gasteiger partial charge in [-0.05, 0) is 50.5 Å². The van der Waals surface area contributed by atoms with E-state index < -0.39 is 5.60 Å². The lowest BCUT2D eigenvalue weighted by molar-refractivity contribution is 0.0189. The van der Waals surface area contributed by atoms with Crippen molar-refractivity contribution in [2.45, 2.75) is 50.5 Å². The Balaban J connectivity index is 1.64. The molecule has 0 unspecified atom stereocenters. The van der Waals surface area contributed by atoms with Crippen LogP contribution in [-0.2, 0) is 10.5 Å². The largest absolute Gasteiger partial charge is 0.444 e. The van der Waals surface area contributed by atoms with Crippen molar-refractivity contribution in [3.63, 3.8) is 0 Å². The Hall–Kier alpha value is -1.56. The summed E-state index contributed by atoms with van der Waals surface area (Å²) in [4.78, 5) is 17.0. The molecule has 0 saturated carbocycles. The summed E-state index contributed by atoms with van der Waals surface area (Å²) < 4.78 is 5.59. The molecule has 1 fully saturated rings. The van der Waals surface area contributed by atoms with Gasteiger partial charge < -0.3 is 20.3 Å². The standard InChI is InChI=1S/C19H27N3O2S/c1-19(2,3)24-18(23)21-5-4-16-15(10-21)14-9-13(20)8-12-11-25-7-6-22(16)17(12)14/h8-9,15-16H,4-7,10-11,20H2,1-3H3/t15-,16-/m0/s1. The Morgan fingerprint density at radius 2 is 2.12 bits per heavy atom. The van der Waals surface area contributed by atoms with Gasteiger partial charge in [-0.15, -0.1) is 0 Å². The van der Waals surface area contributed by atoms with Gasteiger partial charge in [-0.25, -0.2) is 4.79 Å². The van der Waals surface area contributed by atoms with Crippen LogP contribution in [0.2, 0.25) is 0 Å². The van der Waals surface area contributed by atoms with E-state index in [0.29, 0.717) is 12.0 Å². The van der Waals surface area contributed by atoms with Crippen LogP contribution in [0.5, 0.6) is 0 Å². The Morgan fingerprint density at radius 3 is 2.88 bits per heavy atom. The van der Waals surface area contributed by atoms with Crippen LogP contribution in [0.3, 0.4) is 0 Å². The fourth-order valence-electron chi connectivity index (χ4n) is 4.39. The van der Waals surface area contributed by atoms with Crippen LogP contribution in [0.15, 0.2) is 12.1 Å². The fraction of sp³-hybridized carbons (Fsp3) is 0.632. The van der Waals surface area contributed by atoms with Gasteiger partial charge in [0.25, 0.3) is 0 Å². The molecule has 1 saturated heterocycles. The third kappa shape index (κ3) is 3.05. The van der Waals surface area contributed by atoms with Crippen molar-refractivity contribution in [3.8, 4) is 0 Å². The number of benzene rings is 1. The van der Waals surface area contributed by atoms with E-state index in [2.05, 4.69) is 17.0 Å². The molecule has 3 aliphatic heterocycles. The van der Waals surface area contributed by atoms with Gasteiger partial charge in [0.1, 0.15) is 5.60 Å². The van der Waals surface area contributed by atoms with Crippen molar-refractivity contribution in [3.05, 3.63) is 23.3 Å². The van der Waals surface area contributed by atoms with E-state index in [4.69, 9.17) is 10.5 Å². The number of hydrogen-bond donors (Lipinski definition) is 1. The first-order valence-corrected chi connectivity index (χ1v) is 10.2. The third-order valence-electron chi connectivity index (χ3n) is 5.29. The van der Waals surface area contributed by atoms with E-state index in [1.165, 1.54) is 16.8 Å². The molecule has 0 bridgehead atoms. The van der Waals surface area contributed by atoms with Crippen LogP contribution in [0.4, 0.5) is 16.2 Å². The van der Waals surface area contributed by atoms with E-state index in [1.807, 2.05) is 37.4 Å². The first kappa shape index (κ1) is 16.9. The highest BCUT2D eigenvalue weighted by Crippen LogP contribution is 2.49. The maximum absolute atomic E-state index is 12.5. The molecule has 2 atom stereocenters. The third-order valence-corrected chi connectivity index (χ3v) is 6.28. The van der Waals surface area contributed by atoms with Crippen LogP contribution in [-0.4, -0.2) is 48.0 Å². The van der Waals surface area contributed by atoms with Crippen LogP contribution in [0.1, 0.15) is 44.2 Å². The number of nitrogens with two attached hydrogens (primary N) is 1. The number of hydrogen-bond acceptors (Lipinski definition) is 5. The molecule has 136 valence electrons. The molecule has 5 nitrogen and oxygen atoms in total.